The minimum atomic E-state index is -4.37. The normalized spacial score (nSPS) is 20.9. The van der Waals surface area contributed by atoms with Crippen molar-refractivity contribution in [2.75, 3.05) is 37.5 Å². The van der Waals surface area contributed by atoms with E-state index in [0.717, 1.165) is 18.4 Å². The van der Waals surface area contributed by atoms with Crippen molar-refractivity contribution in [1.82, 2.24) is 10.2 Å². The fourth-order valence-corrected chi connectivity index (χ4v) is 8.39. The van der Waals surface area contributed by atoms with Gasteiger partial charge in [-0.1, -0.05) is 57.0 Å². The van der Waals surface area contributed by atoms with Gasteiger partial charge in [0, 0.05) is 30.7 Å². The van der Waals surface area contributed by atoms with Gasteiger partial charge in [-0.2, -0.15) is 16.8 Å². The number of ether oxygens (including phenoxy) is 1. The molecule has 0 spiro atoms. The zero-order valence-corrected chi connectivity index (χ0v) is 26.1. The van der Waals surface area contributed by atoms with Crippen molar-refractivity contribution in [3.05, 3.63) is 59.2 Å². The zero-order valence-electron chi connectivity index (χ0n) is 23.6. The van der Waals surface area contributed by atoms with E-state index in [9.17, 15) is 34.4 Å². The number of nitrogens with zero attached hydrogens (tertiary/aromatic N) is 1. The Hall–Kier alpha value is -2.07. The fraction of sp³-hybridized carbons (Fsp3) is 0.556. The number of nitrogens with one attached hydrogen (secondary N) is 1. The number of hydrogen-bond acceptors (Lipinski definition) is 9. The Labute approximate surface area is 243 Å². The molecule has 41 heavy (non-hydrogen) atoms. The Balaban J connectivity index is 2.16. The van der Waals surface area contributed by atoms with Crippen LogP contribution in [0.25, 0.3) is 0 Å². The molecule has 0 aromatic heterocycles. The highest BCUT2D eigenvalue weighted by Crippen LogP contribution is 2.41. The largest absolute Gasteiger partial charge is 0.496 e. The SMILES string of the molecule is CCCC[C@]1(CC)CS(=O)(=O)c2cc(CN(CCS(=O)(=O)O)CCS(=O)(=O)O)c(OC)cc2[C@@H](c2ccccc2)N1. The van der Waals surface area contributed by atoms with Crippen LogP contribution in [0.1, 0.15) is 62.3 Å². The third-order valence-corrected chi connectivity index (χ3v) is 10.9. The first kappa shape index (κ1) is 33.4. The lowest BCUT2D eigenvalue weighted by molar-refractivity contribution is 0.285. The maximum atomic E-state index is 14.0. The van der Waals surface area contributed by atoms with Gasteiger partial charge in [0.2, 0.25) is 0 Å². The highest BCUT2D eigenvalue weighted by molar-refractivity contribution is 7.91. The Bertz CT molecular complexity index is 1480. The molecule has 0 amide bonds. The molecule has 1 aliphatic rings. The second-order valence-corrected chi connectivity index (χ2v) is 15.6. The Morgan fingerprint density at radius 1 is 1.02 bits per heavy atom. The molecule has 0 fully saturated rings. The smallest absolute Gasteiger partial charge is 0.266 e. The molecule has 230 valence electrons. The quantitative estimate of drug-likeness (QED) is 0.262. The lowest BCUT2D eigenvalue weighted by atomic mass is 9.88. The van der Waals surface area contributed by atoms with Gasteiger partial charge >= 0.3 is 0 Å². The third-order valence-electron chi connectivity index (χ3n) is 7.52. The molecule has 3 N–H and O–H groups in total. The predicted molar refractivity (Wildman–Crippen MR) is 157 cm³/mol. The molecule has 2 atom stereocenters. The predicted octanol–water partition coefficient (Wildman–Crippen LogP) is 3.08. The summed E-state index contributed by atoms with van der Waals surface area (Å²) in [5.41, 5.74) is 1.12. The highest BCUT2D eigenvalue weighted by Gasteiger charge is 2.42. The summed E-state index contributed by atoms with van der Waals surface area (Å²) < 4.78 is 97.9. The van der Waals surface area contributed by atoms with Crippen LogP contribution in [0.2, 0.25) is 0 Å². The summed E-state index contributed by atoms with van der Waals surface area (Å²) in [7, 11) is -11.1. The molecule has 11 nitrogen and oxygen atoms in total. The minimum Gasteiger partial charge on any atom is -0.496 e. The average Bonchev–Trinajstić information content (AvgIpc) is 3.00. The van der Waals surface area contributed by atoms with E-state index in [1.165, 1.54) is 18.1 Å². The lowest BCUT2D eigenvalue weighted by Crippen LogP contribution is -2.50. The van der Waals surface area contributed by atoms with Gasteiger partial charge < -0.3 is 4.74 Å². The molecule has 0 unspecified atom stereocenters. The standard InChI is InChI=1S/C27H40N2O9S3/c1-4-6-12-27(5-2)20-39(30,31)25-17-22(19-29(13-15-40(32,33)34)14-16-41(35,36)37)24(38-3)18-23(25)26(28-27)21-10-8-7-9-11-21/h7-11,17-18,26,28H,4-6,12-16,19-20H2,1-3H3,(H,32,33,34)(H,35,36,37)/t26-,27-/m1/s1. The molecule has 0 saturated heterocycles. The van der Waals surface area contributed by atoms with Gasteiger partial charge in [0.05, 0.1) is 35.3 Å². The van der Waals surface area contributed by atoms with Gasteiger partial charge in [0.25, 0.3) is 20.2 Å². The van der Waals surface area contributed by atoms with E-state index in [4.69, 9.17) is 4.74 Å². The van der Waals surface area contributed by atoms with Crippen molar-refractivity contribution < 1.29 is 39.1 Å². The topological polar surface area (TPSA) is 167 Å². The molecule has 0 radical (unpaired) electrons. The van der Waals surface area contributed by atoms with Gasteiger partial charge in [0.15, 0.2) is 9.84 Å². The number of methoxy groups -OCH3 is 1. The van der Waals surface area contributed by atoms with Crippen molar-refractivity contribution >= 4 is 30.1 Å². The van der Waals surface area contributed by atoms with E-state index < -0.39 is 53.2 Å². The van der Waals surface area contributed by atoms with Gasteiger partial charge in [-0.25, -0.2) is 8.42 Å². The lowest BCUT2D eigenvalue weighted by Gasteiger charge is -2.36. The maximum Gasteiger partial charge on any atom is 0.266 e. The van der Waals surface area contributed by atoms with Crippen molar-refractivity contribution in [2.45, 2.75) is 62.6 Å². The average molecular weight is 633 g/mol. The minimum absolute atomic E-state index is 0.0881. The van der Waals surface area contributed by atoms with Crippen LogP contribution in [-0.2, 0) is 36.6 Å². The van der Waals surface area contributed by atoms with Crippen molar-refractivity contribution in [3.63, 3.8) is 0 Å². The van der Waals surface area contributed by atoms with Crippen LogP contribution in [-0.4, -0.2) is 82.3 Å². The van der Waals surface area contributed by atoms with Crippen molar-refractivity contribution in [2.24, 2.45) is 0 Å². The van der Waals surface area contributed by atoms with Crippen LogP contribution in [0.15, 0.2) is 47.4 Å². The van der Waals surface area contributed by atoms with E-state index in [-0.39, 0.29) is 30.3 Å². The van der Waals surface area contributed by atoms with E-state index in [0.29, 0.717) is 29.7 Å². The van der Waals surface area contributed by atoms with Crippen LogP contribution in [0.5, 0.6) is 5.75 Å². The second-order valence-electron chi connectivity index (χ2n) is 10.5. The molecular weight excluding hydrogens is 593 g/mol. The zero-order chi connectivity index (χ0) is 30.5. The van der Waals surface area contributed by atoms with E-state index in [1.54, 1.807) is 6.07 Å². The Morgan fingerprint density at radius 3 is 2.15 bits per heavy atom. The first-order valence-electron chi connectivity index (χ1n) is 13.5. The summed E-state index contributed by atoms with van der Waals surface area (Å²) in [6.45, 7) is 3.43. The molecule has 0 bridgehead atoms. The maximum absolute atomic E-state index is 14.0. The van der Waals surface area contributed by atoms with Gasteiger partial charge in [-0.3, -0.25) is 19.3 Å². The van der Waals surface area contributed by atoms with Crippen molar-refractivity contribution in [1.29, 1.82) is 0 Å². The third kappa shape index (κ3) is 9.21. The summed E-state index contributed by atoms with van der Waals surface area (Å²) >= 11 is 0. The van der Waals surface area contributed by atoms with Crippen LogP contribution < -0.4 is 10.1 Å². The highest BCUT2D eigenvalue weighted by atomic mass is 32.2. The first-order valence-corrected chi connectivity index (χ1v) is 18.4. The van der Waals surface area contributed by atoms with Gasteiger partial charge in [-0.05, 0) is 36.1 Å². The number of hydrogen-bond donors (Lipinski definition) is 3. The molecule has 0 saturated carbocycles. The number of benzene rings is 2. The molecule has 2 aromatic carbocycles. The number of fused-ring (bicyclic) bond motifs is 1. The Morgan fingerprint density at radius 2 is 1.63 bits per heavy atom. The molecule has 1 aliphatic heterocycles. The van der Waals surface area contributed by atoms with E-state index in [1.807, 2.05) is 37.3 Å². The summed E-state index contributed by atoms with van der Waals surface area (Å²) in [5.74, 6) is -1.14. The van der Waals surface area contributed by atoms with E-state index in [2.05, 4.69) is 12.2 Å². The first-order chi connectivity index (χ1) is 19.1. The molecule has 1 heterocycles. The van der Waals surface area contributed by atoms with Crippen LogP contribution in [0.4, 0.5) is 0 Å². The van der Waals surface area contributed by atoms with Gasteiger partial charge in [-0.15, -0.1) is 0 Å². The molecule has 0 aliphatic carbocycles. The molecule has 3 rings (SSSR count). The number of sulfone groups is 1. The van der Waals surface area contributed by atoms with Crippen LogP contribution in [0.3, 0.4) is 0 Å². The second kappa shape index (κ2) is 13.5. The summed E-state index contributed by atoms with van der Waals surface area (Å²) in [6.07, 6.45) is 3.01. The molecular formula is C27H40N2O9S3. The number of unbranched alkanes of at least 4 members (excludes halogenated alkanes) is 1. The summed E-state index contributed by atoms with van der Waals surface area (Å²) in [6, 6.07) is 12.3. The van der Waals surface area contributed by atoms with Crippen LogP contribution in [0, 0.1) is 0 Å². The van der Waals surface area contributed by atoms with Gasteiger partial charge in [0.1, 0.15) is 5.75 Å². The Kier molecular flexibility index (Phi) is 11.0. The fourth-order valence-electron chi connectivity index (χ4n) is 5.24. The summed E-state index contributed by atoms with van der Waals surface area (Å²) in [5, 5.41) is 3.69. The number of rotatable bonds is 14. The van der Waals surface area contributed by atoms with Crippen LogP contribution >= 0.6 is 0 Å². The van der Waals surface area contributed by atoms with Crippen molar-refractivity contribution in [3.8, 4) is 5.75 Å². The monoisotopic (exact) mass is 632 g/mol. The summed E-state index contributed by atoms with van der Waals surface area (Å²) in [4.78, 5) is 1.52. The molecule has 14 heteroatoms. The van der Waals surface area contributed by atoms with E-state index >= 15 is 0 Å². The molecule has 2 aromatic rings.